The van der Waals surface area contributed by atoms with Crippen LogP contribution in [-0.2, 0) is 9.05 Å². The van der Waals surface area contributed by atoms with Crippen molar-refractivity contribution in [3.05, 3.63) is 60.7 Å². The van der Waals surface area contributed by atoms with Crippen molar-refractivity contribution in [2.75, 3.05) is 13.2 Å². The minimum absolute atomic E-state index is 0.0605. The summed E-state index contributed by atoms with van der Waals surface area (Å²) in [6.45, 7) is 2.84. The average molecular weight is 547 g/mol. The molecule has 0 saturated carbocycles. The summed E-state index contributed by atoms with van der Waals surface area (Å²) in [5, 5.41) is 0. The average Bonchev–Trinajstić information content (AvgIpc) is 2.94. The Hall–Kier alpha value is -1.65. The van der Waals surface area contributed by atoms with Gasteiger partial charge in [-0.1, -0.05) is 140 Å². The van der Waals surface area contributed by atoms with E-state index in [4.69, 9.17) is 18.5 Å². The molecule has 0 radical (unpaired) electrons. The van der Waals surface area contributed by atoms with Gasteiger partial charge in [0.2, 0.25) is 0 Å². The molecule has 0 aliphatic carbocycles. The SMILES string of the molecule is CCCCCCCCCCCCCCCCCCOP(O)OCC(Oc1ccccc1)Oc1ccccc1. The van der Waals surface area contributed by atoms with Gasteiger partial charge in [-0.2, -0.15) is 0 Å². The molecule has 0 saturated heterocycles. The summed E-state index contributed by atoms with van der Waals surface area (Å²) in [4.78, 5) is 10.2. The second kappa shape index (κ2) is 23.3. The van der Waals surface area contributed by atoms with Crippen LogP contribution < -0.4 is 9.47 Å². The highest BCUT2D eigenvalue weighted by atomic mass is 31.2. The number of hydrogen-bond donors (Lipinski definition) is 1. The quantitative estimate of drug-likeness (QED) is 0.0763. The van der Waals surface area contributed by atoms with E-state index in [9.17, 15) is 4.89 Å². The van der Waals surface area contributed by atoms with Gasteiger partial charge in [-0.25, -0.2) is 0 Å². The molecule has 38 heavy (non-hydrogen) atoms. The Balaban J connectivity index is 1.44. The highest BCUT2D eigenvalue weighted by Crippen LogP contribution is 2.33. The van der Waals surface area contributed by atoms with Crippen molar-refractivity contribution in [3.63, 3.8) is 0 Å². The molecule has 0 spiro atoms. The molecule has 0 bridgehead atoms. The highest BCUT2D eigenvalue weighted by molar-refractivity contribution is 7.40. The molecule has 2 aromatic rings. The monoisotopic (exact) mass is 546 g/mol. The van der Waals surface area contributed by atoms with Crippen LogP contribution in [0, 0.1) is 0 Å². The second-order valence-electron chi connectivity index (χ2n) is 9.96. The zero-order valence-electron chi connectivity index (χ0n) is 23.6. The molecule has 0 aliphatic rings. The standard InChI is InChI=1S/C32H51O5P/c1-2-3-4-5-6-7-8-9-10-11-12-13-14-15-16-23-28-34-38(33)35-29-32(36-30-24-19-17-20-25-30)37-31-26-21-18-22-27-31/h17-22,24-27,32-33H,2-16,23,28-29H2,1H3. The number of ether oxygens (including phenoxy) is 2. The Morgan fingerprint density at radius 1 is 0.553 bits per heavy atom. The smallest absolute Gasteiger partial charge is 0.330 e. The van der Waals surface area contributed by atoms with Crippen LogP contribution in [0.25, 0.3) is 0 Å². The van der Waals surface area contributed by atoms with E-state index in [-0.39, 0.29) is 6.61 Å². The van der Waals surface area contributed by atoms with Crippen LogP contribution in [0.3, 0.4) is 0 Å². The molecule has 5 nitrogen and oxygen atoms in total. The van der Waals surface area contributed by atoms with E-state index in [0.717, 1.165) is 12.8 Å². The minimum Gasteiger partial charge on any atom is -0.452 e. The van der Waals surface area contributed by atoms with Crippen molar-refractivity contribution in [2.24, 2.45) is 0 Å². The highest BCUT2D eigenvalue weighted by Gasteiger charge is 2.17. The fourth-order valence-corrected chi connectivity index (χ4v) is 4.96. The normalized spacial score (nSPS) is 12.1. The lowest BCUT2D eigenvalue weighted by molar-refractivity contribution is -0.0317. The lowest BCUT2D eigenvalue weighted by atomic mass is 10.0. The largest absolute Gasteiger partial charge is 0.452 e. The Morgan fingerprint density at radius 2 is 0.947 bits per heavy atom. The molecule has 1 atom stereocenters. The Morgan fingerprint density at radius 3 is 1.37 bits per heavy atom. The van der Waals surface area contributed by atoms with Crippen molar-refractivity contribution in [1.29, 1.82) is 0 Å². The van der Waals surface area contributed by atoms with Gasteiger partial charge in [0, 0.05) is 0 Å². The third kappa shape index (κ3) is 17.8. The molecule has 2 aromatic carbocycles. The van der Waals surface area contributed by atoms with E-state index in [1.807, 2.05) is 60.7 Å². The summed E-state index contributed by atoms with van der Waals surface area (Å²) in [5.41, 5.74) is 0. The van der Waals surface area contributed by atoms with Gasteiger partial charge in [0.15, 0.2) is 0 Å². The first-order chi connectivity index (χ1) is 18.8. The van der Waals surface area contributed by atoms with Crippen molar-refractivity contribution in [2.45, 2.75) is 116 Å². The fourth-order valence-electron chi connectivity index (χ4n) is 4.35. The second-order valence-corrected chi connectivity index (χ2v) is 11.0. The third-order valence-corrected chi connectivity index (χ3v) is 7.32. The molecule has 2 rings (SSSR count). The first-order valence-corrected chi connectivity index (χ1v) is 16.1. The van der Waals surface area contributed by atoms with Gasteiger partial charge in [-0.3, -0.25) is 0 Å². The molecule has 214 valence electrons. The van der Waals surface area contributed by atoms with Gasteiger partial charge in [0.25, 0.3) is 6.29 Å². The van der Waals surface area contributed by atoms with Crippen LogP contribution in [0.2, 0.25) is 0 Å². The molecule has 0 fully saturated rings. The lowest BCUT2D eigenvalue weighted by Gasteiger charge is -2.21. The van der Waals surface area contributed by atoms with Gasteiger partial charge in [-0.15, -0.1) is 0 Å². The lowest BCUT2D eigenvalue weighted by Crippen LogP contribution is -2.29. The van der Waals surface area contributed by atoms with Crippen LogP contribution in [0.5, 0.6) is 11.5 Å². The van der Waals surface area contributed by atoms with Crippen molar-refractivity contribution < 1.29 is 23.4 Å². The summed E-state index contributed by atoms with van der Waals surface area (Å²) < 4.78 is 22.8. The number of rotatable bonds is 25. The van der Waals surface area contributed by atoms with Crippen LogP contribution in [0.1, 0.15) is 110 Å². The van der Waals surface area contributed by atoms with E-state index in [2.05, 4.69) is 6.92 Å². The van der Waals surface area contributed by atoms with Gasteiger partial charge >= 0.3 is 8.60 Å². The first kappa shape index (κ1) is 32.6. The topological polar surface area (TPSA) is 57.2 Å². The summed E-state index contributed by atoms with van der Waals surface area (Å²) in [6.07, 6.45) is 20.6. The zero-order chi connectivity index (χ0) is 26.9. The summed E-state index contributed by atoms with van der Waals surface area (Å²) in [7, 11) is -1.97. The predicted octanol–water partition coefficient (Wildman–Crippen LogP) is 9.98. The van der Waals surface area contributed by atoms with Gasteiger partial charge in [0.1, 0.15) is 18.1 Å². The van der Waals surface area contributed by atoms with E-state index in [1.165, 1.54) is 89.9 Å². The van der Waals surface area contributed by atoms with Gasteiger partial charge in [0.05, 0.1) is 6.61 Å². The summed E-state index contributed by atoms with van der Waals surface area (Å²) >= 11 is 0. The van der Waals surface area contributed by atoms with Crippen LogP contribution in [0.4, 0.5) is 0 Å². The predicted molar refractivity (Wildman–Crippen MR) is 159 cm³/mol. The van der Waals surface area contributed by atoms with Crippen LogP contribution in [0.15, 0.2) is 60.7 Å². The minimum atomic E-state index is -1.97. The van der Waals surface area contributed by atoms with E-state index in [1.54, 1.807) is 0 Å². The first-order valence-electron chi connectivity index (χ1n) is 15.0. The Labute approximate surface area is 233 Å². The zero-order valence-corrected chi connectivity index (χ0v) is 24.5. The van der Waals surface area contributed by atoms with Crippen LogP contribution >= 0.6 is 8.60 Å². The fraction of sp³-hybridized carbons (Fsp3) is 0.625. The maximum absolute atomic E-state index is 10.2. The summed E-state index contributed by atoms with van der Waals surface area (Å²) in [5.74, 6) is 1.35. The van der Waals surface area contributed by atoms with Crippen molar-refractivity contribution in [3.8, 4) is 11.5 Å². The number of hydrogen-bond acceptors (Lipinski definition) is 5. The molecule has 6 heteroatoms. The van der Waals surface area contributed by atoms with Crippen molar-refractivity contribution in [1.82, 2.24) is 0 Å². The van der Waals surface area contributed by atoms with E-state index in [0.29, 0.717) is 18.1 Å². The number of unbranched alkanes of at least 4 members (excludes halogenated alkanes) is 15. The molecule has 0 aliphatic heterocycles. The van der Waals surface area contributed by atoms with Crippen molar-refractivity contribution >= 4 is 8.60 Å². The number of benzene rings is 2. The van der Waals surface area contributed by atoms with Crippen LogP contribution in [-0.4, -0.2) is 24.4 Å². The third-order valence-electron chi connectivity index (χ3n) is 6.54. The maximum Gasteiger partial charge on any atom is 0.330 e. The molecular weight excluding hydrogens is 495 g/mol. The van der Waals surface area contributed by atoms with Gasteiger partial charge < -0.3 is 23.4 Å². The Kier molecular flexibility index (Phi) is 19.9. The van der Waals surface area contributed by atoms with Gasteiger partial charge in [-0.05, 0) is 30.7 Å². The maximum atomic E-state index is 10.2. The molecule has 1 N–H and O–H groups in total. The number of para-hydroxylation sites is 2. The molecule has 0 amide bonds. The summed E-state index contributed by atoms with van der Waals surface area (Å²) in [6, 6.07) is 18.9. The molecular formula is C32H51O5P. The Bertz CT molecular complexity index is 719. The molecule has 1 unspecified atom stereocenters. The molecule has 0 aromatic heterocycles. The van der Waals surface area contributed by atoms with E-state index >= 15 is 0 Å². The molecule has 0 heterocycles. The van der Waals surface area contributed by atoms with E-state index < -0.39 is 14.9 Å².